The van der Waals surface area contributed by atoms with Gasteiger partial charge in [-0.3, -0.25) is 4.79 Å². The highest BCUT2D eigenvalue weighted by Crippen LogP contribution is 2.28. The molecule has 21 heavy (non-hydrogen) atoms. The van der Waals surface area contributed by atoms with Crippen molar-refractivity contribution in [2.45, 2.75) is 58.0 Å². The molecule has 0 spiro atoms. The van der Waals surface area contributed by atoms with Gasteiger partial charge in [0.25, 0.3) is 0 Å². The maximum Gasteiger partial charge on any atom is 0.306 e. The first-order valence-electron chi connectivity index (χ1n) is 8.10. The molecule has 0 bridgehead atoms. The number of benzene rings is 1. The molecule has 3 unspecified atom stereocenters. The molecule has 0 aromatic heterocycles. The fourth-order valence-electron chi connectivity index (χ4n) is 3.31. The lowest BCUT2D eigenvalue weighted by Crippen LogP contribution is -2.39. The van der Waals surface area contributed by atoms with Gasteiger partial charge in [0, 0.05) is 12.1 Å². The lowest BCUT2D eigenvalue weighted by atomic mass is 9.84. The molecule has 1 aliphatic rings. The SMILES string of the molecule is CC(C)CC(NC1CCCC(C(=O)O)C1)c1ccccc1. The van der Waals surface area contributed by atoms with Gasteiger partial charge in [0.15, 0.2) is 0 Å². The van der Waals surface area contributed by atoms with E-state index in [9.17, 15) is 9.90 Å². The van der Waals surface area contributed by atoms with E-state index in [1.165, 1.54) is 5.56 Å². The molecule has 116 valence electrons. The van der Waals surface area contributed by atoms with E-state index in [0.717, 1.165) is 32.1 Å². The van der Waals surface area contributed by atoms with E-state index in [-0.39, 0.29) is 5.92 Å². The highest BCUT2D eigenvalue weighted by Gasteiger charge is 2.28. The largest absolute Gasteiger partial charge is 0.481 e. The van der Waals surface area contributed by atoms with Crippen molar-refractivity contribution in [3.8, 4) is 0 Å². The standard InChI is InChI=1S/C18H27NO2/c1-13(2)11-17(14-7-4-3-5-8-14)19-16-10-6-9-15(12-16)18(20)21/h3-5,7-8,13,15-17,19H,6,9-12H2,1-2H3,(H,20,21). The summed E-state index contributed by atoms with van der Waals surface area (Å²) in [7, 11) is 0. The number of carboxylic acid groups (broad SMARTS) is 1. The molecule has 0 heterocycles. The zero-order valence-corrected chi connectivity index (χ0v) is 13.1. The van der Waals surface area contributed by atoms with Gasteiger partial charge in [-0.15, -0.1) is 0 Å². The molecule has 1 aliphatic carbocycles. The third-order valence-electron chi connectivity index (χ3n) is 4.37. The number of rotatable bonds is 6. The lowest BCUT2D eigenvalue weighted by molar-refractivity contribution is -0.143. The highest BCUT2D eigenvalue weighted by molar-refractivity contribution is 5.70. The number of aliphatic carboxylic acids is 1. The quantitative estimate of drug-likeness (QED) is 0.832. The highest BCUT2D eigenvalue weighted by atomic mass is 16.4. The van der Waals surface area contributed by atoms with E-state index < -0.39 is 5.97 Å². The van der Waals surface area contributed by atoms with Gasteiger partial charge in [0.05, 0.1) is 5.92 Å². The molecule has 2 rings (SSSR count). The van der Waals surface area contributed by atoms with Crippen LogP contribution in [0.5, 0.6) is 0 Å². The molecule has 1 saturated carbocycles. The van der Waals surface area contributed by atoms with E-state index >= 15 is 0 Å². The van der Waals surface area contributed by atoms with Gasteiger partial charge in [-0.1, -0.05) is 50.6 Å². The van der Waals surface area contributed by atoms with Crippen LogP contribution in [0.2, 0.25) is 0 Å². The molecule has 0 radical (unpaired) electrons. The lowest BCUT2D eigenvalue weighted by Gasteiger charge is -2.32. The molecular formula is C18H27NO2. The molecule has 0 aliphatic heterocycles. The Morgan fingerprint density at radius 1 is 1.29 bits per heavy atom. The summed E-state index contributed by atoms with van der Waals surface area (Å²) in [6, 6.07) is 11.2. The summed E-state index contributed by atoms with van der Waals surface area (Å²) >= 11 is 0. The molecule has 1 fully saturated rings. The van der Waals surface area contributed by atoms with Crippen molar-refractivity contribution >= 4 is 5.97 Å². The van der Waals surface area contributed by atoms with E-state index in [0.29, 0.717) is 18.0 Å². The van der Waals surface area contributed by atoms with Crippen molar-refractivity contribution in [1.29, 1.82) is 0 Å². The smallest absolute Gasteiger partial charge is 0.306 e. The molecule has 0 saturated heterocycles. The van der Waals surface area contributed by atoms with E-state index in [2.05, 4.69) is 43.4 Å². The minimum Gasteiger partial charge on any atom is -0.481 e. The average Bonchev–Trinajstić information content (AvgIpc) is 2.47. The fourth-order valence-corrected chi connectivity index (χ4v) is 3.31. The maximum atomic E-state index is 11.2. The number of carbonyl (C=O) groups is 1. The van der Waals surface area contributed by atoms with Crippen molar-refractivity contribution in [2.75, 3.05) is 0 Å². The van der Waals surface area contributed by atoms with Gasteiger partial charge in [0.2, 0.25) is 0 Å². The third-order valence-corrected chi connectivity index (χ3v) is 4.37. The Hall–Kier alpha value is -1.35. The second kappa shape index (κ2) is 7.60. The van der Waals surface area contributed by atoms with Crippen LogP contribution >= 0.6 is 0 Å². The molecule has 3 atom stereocenters. The molecule has 1 aromatic rings. The van der Waals surface area contributed by atoms with E-state index in [4.69, 9.17) is 0 Å². The molecule has 3 heteroatoms. The Morgan fingerprint density at radius 2 is 2.00 bits per heavy atom. The van der Waals surface area contributed by atoms with Gasteiger partial charge in [0.1, 0.15) is 0 Å². The predicted molar refractivity (Wildman–Crippen MR) is 85.2 cm³/mol. The molecule has 3 nitrogen and oxygen atoms in total. The summed E-state index contributed by atoms with van der Waals surface area (Å²) in [5, 5.41) is 12.9. The van der Waals surface area contributed by atoms with Crippen LogP contribution in [0.3, 0.4) is 0 Å². The number of hydrogen-bond donors (Lipinski definition) is 2. The molecule has 1 aromatic carbocycles. The van der Waals surface area contributed by atoms with Crippen molar-refractivity contribution in [3.63, 3.8) is 0 Å². The minimum atomic E-state index is -0.637. The van der Waals surface area contributed by atoms with Crippen LogP contribution in [0, 0.1) is 11.8 Å². The van der Waals surface area contributed by atoms with Crippen molar-refractivity contribution < 1.29 is 9.90 Å². The topological polar surface area (TPSA) is 49.3 Å². The Balaban J connectivity index is 2.03. The van der Waals surface area contributed by atoms with Crippen LogP contribution in [0.1, 0.15) is 57.6 Å². The average molecular weight is 289 g/mol. The first kappa shape index (κ1) is 16.0. The number of hydrogen-bond acceptors (Lipinski definition) is 2. The molecule has 0 amide bonds. The summed E-state index contributed by atoms with van der Waals surface area (Å²) in [4.78, 5) is 11.2. The maximum absolute atomic E-state index is 11.2. The van der Waals surface area contributed by atoms with Crippen LogP contribution < -0.4 is 5.32 Å². The Labute approximate surface area is 127 Å². The minimum absolute atomic E-state index is 0.174. The van der Waals surface area contributed by atoms with Gasteiger partial charge in [-0.25, -0.2) is 0 Å². The first-order valence-corrected chi connectivity index (χ1v) is 8.10. The fraction of sp³-hybridized carbons (Fsp3) is 0.611. The summed E-state index contributed by atoms with van der Waals surface area (Å²) in [6.45, 7) is 4.47. The summed E-state index contributed by atoms with van der Waals surface area (Å²) in [5.74, 6) is -0.199. The van der Waals surface area contributed by atoms with Crippen LogP contribution in [-0.2, 0) is 4.79 Å². The second-order valence-electron chi connectivity index (χ2n) is 6.66. The van der Waals surface area contributed by atoms with E-state index in [1.807, 2.05) is 6.07 Å². The molecule has 2 N–H and O–H groups in total. The second-order valence-corrected chi connectivity index (χ2v) is 6.66. The summed E-state index contributed by atoms with van der Waals surface area (Å²) in [6.07, 6.45) is 4.77. The van der Waals surface area contributed by atoms with Gasteiger partial charge < -0.3 is 10.4 Å². The first-order chi connectivity index (χ1) is 10.1. The predicted octanol–water partition coefficient (Wildman–Crippen LogP) is 4.01. The number of carboxylic acids is 1. The van der Waals surface area contributed by atoms with Crippen LogP contribution in [0.25, 0.3) is 0 Å². The van der Waals surface area contributed by atoms with Crippen LogP contribution in [0.4, 0.5) is 0 Å². The Bertz CT molecular complexity index is 444. The van der Waals surface area contributed by atoms with E-state index in [1.54, 1.807) is 0 Å². The third kappa shape index (κ3) is 4.85. The van der Waals surface area contributed by atoms with Crippen molar-refractivity contribution in [1.82, 2.24) is 5.32 Å². The zero-order chi connectivity index (χ0) is 15.2. The summed E-state index contributed by atoms with van der Waals surface area (Å²) in [5.41, 5.74) is 1.31. The normalized spacial score (nSPS) is 24.0. The monoisotopic (exact) mass is 289 g/mol. The Morgan fingerprint density at radius 3 is 2.62 bits per heavy atom. The van der Waals surface area contributed by atoms with Crippen LogP contribution in [0.15, 0.2) is 30.3 Å². The zero-order valence-electron chi connectivity index (χ0n) is 13.1. The van der Waals surface area contributed by atoms with Gasteiger partial charge >= 0.3 is 5.97 Å². The van der Waals surface area contributed by atoms with Gasteiger partial charge in [-0.05, 0) is 37.2 Å². The Kier molecular flexibility index (Phi) is 5.80. The molecular weight excluding hydrogens is 262 g/mol. The summed E-state index contributed by atoms with van der Waals surface area (Å²) < 4.78 is 0. The number of nitrogens with one attached hydrogen (secondary N) is 1. The van der Waals surface area contributed by atoms with Gasteiger partial charge in [-0.2, -0.15) is 0 Å². The van der Waals surface area contributed by atoms with Crippen molar-refractivity contribution in [2.24, 2.45) is 11.8 Å². The van der Waals surface area contributed by atoms with Crippen LogP contribution in [-0.4, -0.2) is 17.1 Å². The van der Waals surface area contributed by atoms with Crippen molar-refractivity contribution in [3.05, 3.63) is 35.9 Å².